The Kier molecular flexibility index (Phi) is 4.86. The lowest BCUT2D eigenvalue weighted by Crippen LogP contribution is -2.42. The SMILES string of the molecule is O=C(CC1CCCC1)NNC(=O)c1ccc([N+](=O)[O-])cc1. The average molecular weight is 291 g/mol. The van der Waals surface area contributed by atoms with Gasteiger partial charge in [0.05, 0.1) is 4.92 Å². The van der Waals surface area contributed by atoms with Gasteiger partial charge in [-0.25, -0.2) is 0 Å². The van der Waals surface area contributed by atoms with Crippen molar-refractivity contribution >= 4 is 17.5 Å². The van der Waals surface area contributed by atoms with E-state index in [1.807, 2.05) is 0 Å². The molecule has 1 saturated carbocycles. The van der Waals surface area contributed by atoms with Crippen LogP contribution in [0.25, 0.3) is 0 Å². The van der Waals surface area contributed by atoms with Crippen molar-refractivity contribution in [3.63, 3.8) is 0 Å². The molecule has 0 heterocycles. The van der Waals surface area contributed by atoms with Gasteiger partial charge in [0.25, 0.3) is 11.6 Å². The maximum atomic E-state index is 11.8. The molecule has 0 bridgehead atoms. The smallest absolute Gasteiger partial charge is 0.269 e. The summed E-state index contributed by atoms with van der Waals surface area (Å²) in [6, 6.07) is 5.18. The molecule has 112 valence electrons. The Morgan fingerprint density at radius 2 is 1.76 bits per heavy atom. The second kappa shape index (κ2) is 6.83. The number of carbonyl (C=O) groups excluding carboxylic acids is 2. The van der Waals surface area contributed by atoms with E-state index in [0.29, 0.717) is 12.3 Å². The number of nitrogens with one attached hydrogen (secondary N) is 2. The molecule has 21 heavy (non-hydrogen) atoms. The number of nitro groups is 1. The first-order valence-corrected chi connectivity index (χ1v) is 6.90. The number of rotatable bonds is 4. The number of nitro benzene ring substituents is 1. The van der Waals surface area contributed by atoms with Gasteiger partial charge in [-0.15, -0.1) is 0 Å². The molecule has 0 unspecified atom stereocenters. The van der Waals surface area contributed by atoms with Crippen LogP contribution in [0.3, 0.4) is 0 Å². The number of amides is 2. The zero-order valence-corrected chi connectivity index (χ0v) is 11.5. The lowest BCUT2D eigenvalue weighted by molar-refractivity contribution is -0.384. The summed E-state index contributed by atoms with van der Waals surface area (Å²) in [5.41, 5.74) is 4.85. The van der Waals surface area contributed by atoms with Crippen LogP contribution in [-0.4, -0.2) is 16.7 Å². The van der Waals surface area contributed by atoms with E-state index in [1.165, 1.54) is 24.3 Å². The normalized spacial score (nSPS) is 14.7. The van der Waals surface area contributed by atoms with Gasteiger partial charge in [0.1, 0.15) is 0 Å². The minimum atomic E-state index is -0.537. The third kappa shape index (κ3) is 4.27. The minimum Gasteiger partial charge on any atom is -0.273 e. The zero-order chi connectivity index (χ0) is 15.2. The second-order valence-corrected chi connectivity index (χ2v) is 5.16. The van der Waals surface area contributed by atoms with Crippen LogP contribution in [0.2, 0.25) is 0 Å². The number of hydrogen-bond donors (Lipinski definition) is 2. The standard InChI is InChI=1S/C14H17N3O4/c18-13(9-10-3-1-2-4-10)15-16-14(19)11-5-7-12(8-6-11)17(20)21/h5-8,10H,1-4,9H2,(H,15,18)(H,16,19). The summed E-state index contributed by atoms with van der Waals surface area (Å²) >= 11 is 0. The average Bonchev–Trinajstić information content (AvgIpc) is 2.97. The molecule has 1 fully saturated rings. The molecule has 1 aliphatic rings. The molecule has 0 aliphatic heterocycles. The van der Waals surface area contributed by atoms with Gasteiger partial charge in [-0.2, -0.15) is 0 Å². The molecular formula is C14H17N3O4. The summed E-state index contributed by atoms with van der Waals surface area (Å²) in [6.45, 7) is 0. The molecule has 1 aliphatic carbocycles. The summed E-state index contributed by atoms with van der Waals surface area (Å²) in [7, 11) is 0. The van der Waals surface area contributed by atoms with Crippen LogP contribution in [-0.2, 0) is 4.79 Å². The van der Waals surface area contributed by atoms with Gasteiger partial charge < -0.3 is 0 Å². The van der Waals surface area contributed by atoms with E-state index in [2.05, 4.69) is 10.9 Å². The fourth-order valence-electron chi connectivity index (χ4n) is 2.46. The molecule has 1 aromatic rings. The molecule has 1 aromatic carbocycles. The predicted molar refractivity (Wildman–Crippen MR) is 75.3 cm³/mol. The van der Waals surface area contributed by atoms with Crippen molar-refractivity contribution in [2.45, 2.75) is 32.1 Å². The van der Waals surface area contributed by atoms with Gasteiger partial charge in [-0.1, -0.05) is 12.8 Å². The summed E-state index contributed by atoms with van der Waals surface area (Å²) in [5.74, 6) is -0.303. The highest BCUT2D eigenvalue weighted by molar-refractivity contribution is 5.95. The fraction of sp³-hybridized carbons (Fsp3) is 0.429. The van der Waals surface area contributed by atoms with Gasteiger partial charge in [0, 0.05) is 24.1 Å². The maximum Gasteiger partial charge on any atom is 0.269 e. The van der Waals surface area contributed by atoms with Crippen molar-refractivity contribution in [2.75, 3.05) is 0 Å². The quantitative estimate of drug-likeness (QED) is 0.653. The molecule has 0 atom stereocenters. The van der Waals surface area contributed by atoms with E-state index >= 15 is 0 Å². The van der Waals surface area contributed by atoms with Crippen molar-refractivity contribution in [1.82, 2.24) is 10.9 Å². The molecule has 0 saturated heterocycles. The van der Waals surface area contributed by atoms with Crippen molar-refractivity contribution in [1.29, 1.82) is 0 Å². The van der Waals surface area contributed by atoms with Crippen molar-refractivity contribution in [3.8, 4) is 0 Å². The minimum absolute atomic E-state index is 0.0863. The lowest BCUT2D eigenvalue weighted by atomic mass is 10.0. The Labute approximate surface area is 121 Å². The van der Waals surface area contributed by atoms with Crippen LogP contribution in [0, 0.1) is 16.0 Å². The highest BCUT2D eigenvalue weighted by Gasteiger charge is 2.18. The van der Waals surface area contributed by atoms with E-state index in [4.69, 9.17) is 0 Å². The zero-order valence-electron chi connectivity index (χ0n) is 11.5. The van der Waals surface area contributed by atoms with Crippen molar-refractivity contribution in [2.24, 2.45) is 5.92 Å². The summed E-state index contributed by atoms with van der Waals surface area (Å²) in [6.07, 6.45) is 4.86. The second-order valence-electron chi connectivity index (χ2n) is 5.16. The monoisotopic (exact) mass is 291 g/mol. The van der Waals surface area contributed by atoms with Crippen LogP contribution in [0.5, 0.6) is 0 Å². The Hall–Kier alpha value is -2.44. The molecule has 2 N–H and O–H groups in total. The third-order valence-electron chi connectivity index (χ3n) is 3.60. The molecular weight excluding hydrogens is 274 g/mol. The van der Waals surface area contributed by atoms with E-state index < -0.39 is 10.8 Å². The van der Waals surface area contributed by atoms with E-state index in [1.54, 1.807) is 0 Å². The maximum absolute atomic E-state index is 11.8. The van der Waals surface area contributed by atoms with Gasteiger partial charge in [0.2, 0.25) is 5.91 Å². The molecule has 7 nitrogen and oxygen atoms in total. The molecule has 7 heteroatoms. The van der Waals surface area contributed by atoms with E-state index in [9.17, 15) is 19.7 Å². The third-order valence-corrected chi connectivity index (χ3v) is 3.60. The first kappa shape index (κ1) is 15.0. The molecule has 2 amide bonds. The Balaban J connectivity index is 1.80. The molecule has 0 aromatic heterocycles. The molecule has 0 spiro atoms. The van der Waals surface area contributed by atoms with Gasteiger partial charge in [0.15, 0.2) is 0 Å². The first-order chi connectivity index (χ1) is 10.1. The summed E-state index contributed by atoms with van der Waals surface area (Å²) in [5, 5.41) is 10.5. The largest absolute Gasteiger partial charge is 0.273 e. The Morgan fingerprint density at radius 3 is 2.33 bits per heavy atom. The number of carbonyl (C=O) groups is 2. The van der Waals surface area contributed by atoms with Gasteiger partial charge in [-0.3, -0.25) is 30.6 Å². The predicted octanol–water partition coefficient (Wildman–Crippen LogP) is 1.94. The van der Waals surface area contributed by atoms with E-state index in [-0.39, 0.29) is 17.2 Å². The van der Waals surface area contributed by atoms with Crippen LogP contribution >= 0.6 is 0 Å². The van der Waals surface area contributed by atoms with Crippen LogP contribution in [0.4, 0.5) is 5.69 Å². The Bertz CT molecular complexity index is 536. The van der Waals surface area contributed by atoms with Crippen molar-refractivity contribution < 1.29 is 14.5 Å². The van der Waals surface area contributed by atoms with Crippen LogP contribution in [0.15, 0.2) is 24.3 Å². The summed E-state index contributed by atoms with van der Waals surface area (Å²) in [4.78, 5) is 33.4. The number of hydrazine groups is 1. The van der Waals surface area contributed by atoms with Crippen LogP contribution in [0.1, 0.15) is 42.5 Å². The number of hydrogen-bond acceptors (Lipinski definition) is 4. The molecule has 2 rings (SSSR count). The molecule has 0 radical (unpaired) electrons. The van der Waals surface area contributed by atoms with E-state index in [0.717, 1.165) is 25.7 Å². The number of non-ortho nitro benzene ring substituents is 1. The van der Waals surface area contributed by atoms with Crippen molar-refractivity contribution in [3.05, 3.63) is 39.9 Å². The Morgan fingerprint density at radius 1 is 1.14 bits per heavy atom. The first-order valence-electron chi connectivity index (χ1n) is 6.90. The fourth-order valence-corrected chi connectivity index (χ4v) is 2.46. The number of benzene rings is 1. The number of nitrogens with zero attached hydrogens (tertiary/aromatic N) is 1. The van der Waals surface area contributed by atoms with Gasteiger partial charge in [-0.05, 0) is 30.9 Å². The topological polar surface area (TPSA) is 101 Å². The highest BCUT2D eigenvalue weighted by Crippen LogP contribution is 2.27. The van der Waals surface area contributed by atoms with Crippen LogP contribution < -0.4 is 10.9 Å². The summed E-state index contributed by atoms with van der Waals surface area (Å²) < 4.78 is 0. The lowest BCUT2D eigenvalue weighted by Gasteiger charge is -2.10. The van der Waals surface area contributed by atoms with Gasteiger partial charge >= 0.3 is 0 Å². The highest BCUT2D eigenvalue weighted by atomic mass is 16.6.